The van der Waals surface area contributed by atoms with Crippen molar-refractivity contribution < 1.29 is 9.53 Å². The van der Waals surface area contributed by atoms with Gasteiger partial charge in [0.05, 0.1) is 4.47 Å². The van der Waals surface area contributed by atoms with E-state index < -0.39 is 11.7 Å². The molecular weight excluding hydrogens is 262 g/mol. The van der Waals surface area contributed by atoms with E-state index in [9.17, 15) is 4.79 Å². The maximum Gasteiger partial charge on any atom is 0.405 e. The van der Waals surface area contributed by atoms with Crippen LogP contribution in [0.25, 0.3) is 0 Å². The Hall–Kier alpha value is -1.17. The van der Waals surface area contributed by atoms with Crippen LogP contribution in [0, 0.1) is 0 Å². The molecule has 1 aliphatic rings. The second-order valence-corrected chi connectivity index (χ2v) is 4.41. The van der Waals surface area contributed by atoms with E-state index in [1.54, 1.807) is 12.4 Å². The predicted octanol–water partition coefficient (Wildman–Crippen LogP) is 1.71. The Balaban J connectivity index is 2.26. The lowest BCUT2D eigenvalue weighted by Crippen LogP contribution is -2.42. The van der Waals surface area contributed by atoms with Gasteiger partial charge >= 0.3 is 6.09 Å². The number of carbonyl (C=O) groups is 1. The summed E-state index contributed by atoms with van der Waals surface area (Å²) >= 11 is 3.25. The third kappa shape index (κ3) is 1.94. The largest absolute Gasteiger partial charge is 0.435 e. The van der Waals surface area contributed by atoms with E-state index in [0.717, 1.165) is 23.7 Å². The van der Waals surface area contributed by atoms with Gasteiger partial charge in [-0.1, -0.05) is 0 Å². The van der Waals surface area contributed by atoms with Gasteiger partial charge in [-0.2, -0.15) is 0 Å². The molecule has 0 saturated heterocycles. The van der Waals surface area contributed by atoms with E-state index in [-0.39, 0.29) is 0 Å². The van der Waals surface area contributed by atoms with Gasteiger partial charge in [-0.15, -0.1) is 0 Å². The fraction of sp³-hybridized carbons (Fsp3) is 0.444. The number of rotatable bonds is 2. The summed E-state index contributed by atoms with van der Waals surface area (Å²) < 4.78 is 5.89. The standard InChI is InChI=1S/C9H10BrN3O2/c10-6-4-12-7(13-5-6)9(2-1-3-9)15-8(11)14/h4-5H,1-3H2,(H2,11,14). The van der Waals surface area contributed by atoms with Crippen molar-refractivity contribution in [2.75, 3.05) is 0 Å². The fourth-order valence-corrected chi connectivity index (χ4v) is 1.81. The first-order valence-electron chi connectivity index (χ1n) is 4.59. The zero-order chi connectivity index (χ0) is 10.9. The molecule has 0 bridgehead atoms. The smallest absolute Gasteiger partial charge is 0.405 e. The number of primary amides is 1. The zero-order valence-electron chi connectivity index (χ0n) is 7.94. The van der Waals surface area contributed by atoms with E-state index in [4.69, 9.17) is 10.5 Å². The highest BCUT2D eigenvalue weighted by Gasteiger charge is 2.45. The molecule has 0 aliphatic heterocycles. The van der Waals surface area contributed by atoms with Crippen LogP contribution in [0.15, 0.2) is 16.9 Å². The second-order valence-electron chi connectivity index (χ2n) is 3.49. The number of hydrogen-bond donors (Lipinski definition) is 1. The van der Waals surface area contributed by atoms with Gasteiger partial charge in [0.25, 0.3) is 0 Å². The molecule has 15 heavy (non-hydrogen) atoms. The number of nitrogens with two attached hydrogens (primary N) is 1. The number of amides is 1. The molecule has 5 nitrogen and oxygen atoms in total. The van der Waals surface area contributed by atoms with Crippen molar-refractivity contribution in [2.45, 2.75) is 24.9 Å². The lowest BCUT2D eigenvalue weighted by Gasteiger charge is -2.38. The van der Waals surface area contributed by atoms with Crippen LogP contribution < -0.4 is 5.73 Å². The van der Waals surface area contributed by atoms with Crippen LogP contribution >= 0.6 is 15.9 Å². The average Bonchev–Trinajstić information content (AvgIpc) is 2.13. The summed E-state index contributed by atoms with van der Waals surface area (Å²) in [6, 6.07) is 0. The lowest BCUT2D eigenvalue weighted by atomic mass is 9.79. The minimum absolute atomic E-state index is 0.524. The van der Waals surface area contributed by atoms with Crippen LogP contribution in [0.4, 0.5) is 4.79 Å². The summed E-state index contributed by atoms with van der Waals surface area (Å²) in [5.41, 5.74) is 4.34. The molecule has 1 saturated carbocycles. The van der Waals surface area contributed by atoms with Crippen LogP contribution in [-0.2, 0) is 10.3 Å². The normalized spacial score (nSPS) is 17.9. The van der Waals surface area contributed by atoms with Crippen LogP contribution in [-0.4, -0.2) is 16.1 Å². The molecule has 0 atom stereocenters. The van der Waals surface area contributed by atoms with Crippen molar-refractivity contribution in [1.29, 1.82) is 0 Å². The Morgan fingerprint density at radius 1 is 1.47 bits per heavy atom. The van der Waals surface area contributed by atoms with Crippen molar-refractivity contribution in [1.82, 2.24) is 9.97 Å². The monoisotopic (exact) mass is 271 g/mol. The van der Waals surface area contributed by atoms with Gasteiger partial charge in [-0.3, -0.25) is 0 Å². The first-order chi connectivity index (χ1) is 7.12. The molecule has 2 N–H and O–H groups in total. The van der Waals surface area contributed by atoms with Crippen LogP contribution in [0.3, 0.4) is 0 Å². The summed E-state index contributed by atoms with van der Waals surface area (Å²) in [5, 5.41) is 0. The van der Waals surface area contributed by atoms with E-state index in [2.05, 4.69) is 25.9 Å². The minimum atomic E-state index is -0.777. The number of ether oxygens (including phenoxy) is 1. The van der Waals surface area contributed by atoms with Gasteiger partial charge in [-0.25, -0.2) is 14.8 Å². The van der Waals surface area contributed by atoms with Crippen LogP contribution in [0.1, 0.15) is 25.1 Å². The molecule has 0 aromatic carbocycles. The minimum Gasteiger partial charge on any atom is -0.435 e. The van der Waals surface area contributed by atoms with Crippen LogP contribution in [0.2, 0.25) is 0 Å². The van der Waals surface area contributed by atoms with Crippen molar-refractivity contribution in [3.05, 3.63) is 22.7 Å². The average molecular weight is 272 g/mol. The first-order valence-corrected chi connectivity index (χ1v) is 5.38. The molecule has 6 heteroatoms. The molecule has 1 aromatic rings. The Morgan fingerprint density at radius 3 is 2.47 bits per heavy atom. The van der Waals surface area contributed by atoms with Crippen molar-refractivity contribution >= 4 is 22.0 Å². The second kappa shape index (κ2) is 3.77. The third-order valence-electron chi connectivity index (χ3n) is 2.49. The first kappa shape index (κ1) is 10.4. The molecule has 1 heterocycles. The van der Waals surface area contributed by atoms with Gasteiger partial charge in [-0.05, 0) is 35.2 Å². The van der Waals surface area contributed by atoms with Gasteiger partial charge in [0.1, 0.15) is 0 Å². The fourth-order valence-electron chi connectivity index (χ4n) is 1.61. The van der Waals surface area contributed by atoms with Crippen LogP contribution in [0.5, 0.6) is 0 Å². The van der Waals surface area contributed by atoms with Gasteiger partial charge in [0.2, 0.25) is 0 Å². The summed E-state index contributed by atoms with van der Waals surface area (Å²) in [5.74, 6) is 0.524. The summed E-state index contributed by atoms with van der Waals surface area (Å²) in [4.78, 5) is 19.1. The molecule has 0 spiro atoms. The van der Waals surface area contributed by atoms with Gasteiger partial charge in [0.15, 0.2) is 11.4 Å². The zero-order valence-corrected chi connectivity index (χ0v) is 9.53. The van der Waals surface area contributed by atoms with Crippen molar-refractivity contribution in [3.8, 4) is 0 Å². The third-order valence-corrected chi connectivity index (χ3v) is 2.89. The summed E-state index contributed by atoms with van der Waals surface area (Å²) in [6.07, 6.45) is 4.95. The number of nitrogens with zero attached hydrogens (tertiary/aromatic N) is 2. The van der Waals surface area contributed by atoms with Crippen molar-refractivity contribution in [2.24, 2.45) is 5.73 Å². The van der Waals surface area contributed by atoms with Gasteiger partial charge in [0, 0.05) is 12.4 Å². The van der Waals surface area contributed by atoms with E-state index in [1.807, 2.05) is 0 Å². The molecule has 1 aliphatic carbocycles. The van der Waals surface area contributed by atoms with E-state index >= 15 is 0 Å². The Labute approximate surface area is 95.2 Å². The molecule has 0 unspecified atom stereocenters. The highest BCUT2D eigenvalue weighted by molar-refractivity contribution is 9.10. The maximum absolute atomic E-state index is 10.8. The number of aromatic nitrogens is 2. The molecule has 1 fully saturated rings. The quantitative estimate of drug-likeness (QED) is 0.888. The van der Waals surface area contributed by atoms with Gasteiger partial charge < -0.3 is 10.5 Å². The summed E-state index contributed by atoms with van der Waals surface area (Å²) in [7, 11) is 0. The molecule has 2 rings (SSSR count). The van der Waals surface area contributed by atoms with Crippen molar-refractivity contribution in [3.63, 3.8) is 0 Å². The molecule has 0 radical (unpaired) electrons. The Kier molecular flexibility index (Phi) is 2.60. The predicted molar refractivity (Wildman–Crippen MR) is 55.9 cm³/mol. The van der Waals surface area contributed by atoms with E-state index in [1.165, 1.54) is 0 Å². The number of hydrogen-bond acceptors (Lipinski definition) is 4. The molecule has 80 valence electrons. The Morgan fingerprint density at radius 2 is 2.07 bits per heavy atom. The molecule has 1 amide bonds. The SMILES string of the molecule is NC(=O)OC1(c2ncc(Br)cn2)CCC1. The molecular formula is C9H10BrN3O2. The Bertz CT molecular complexity index is 375. The highest BCUT2D eigenvalue weighted by Crippen LogP contribution is 2.43. The molecule has 1 aromatic heterocycles. The number of carbonyl (C=O) groups excluding carboxylic acids is 1. The summed E-state index contributed by atoms with van der Waals surface area (Å²) in [6.45, 7) is 0. The maximum atomic E-state index is 10.8. The highest BCUT2D eigenvalue weighted by atomic mass is 79.9. The lowest BCUT2D eigenvalue weighted by molar-refractivity contribution is -0.0559. The number of halogens is 1. The van der Waals surface area contributed by atoms with E-state index in [0.29, 0.717) is 5.82 Å². The topological polar surface area (TPSA) is 78.1 Å².